The van der Waals surface area contributed by atoms with Gasteiger partial charge in [0.15, 0.2) is 6.29 Å². The molecule has 0 aromatic carbocycles. The van der Waals surface area contributed by atoms with Crippen molar-refractivity contribution in [2.45, 2.75) is 105 Å². The van der Waals surface area contributed by atoms with Crippen molar-refractivity contribution in [1.82, 2.24) is 0 Å². The summed E-state index contributed by atoms with van der Waals surface area (Å²) in [6.45, 7) is 14.6. The van der Waals surface area contributed by atoms with Crippen molar-refractivity contribution in [1.29, 1.82) is 0 Å². The van der Waals surface area contributed by atoms with Crippen molar-refractivity contribution >= 4 is 0 Å². The Morgan fingerprint density at radius 1 is 1.12 bits per heavy atom. The van der Waals surface area contributed by atoms with E-state index < -0.39 is 0 Å². The summed E-state index contributed by atoms with van der Waals surface area (Å²) < 4.78 is 11.9. The monoisotopic (exact) mass is 336 g/mol. The van der Waals surface area contributed by atoms with Gasteiger partial charge in [-0.05, 0) is 54.9 Å². The second-order valence-electron chi connectivity index (χ2n) is 9.14. The molecule has 0 aromatic heterocycles. The predicted octanol–water partition coefficient (Wildman–Crippen LogP) is 6.50. The molecule has 140 valence electrons. The average molecular weight is 337 g/mol. The van der Waals surface area contributed by atoms with E-state index in [-0.39, 0.29) is 6.29 Å². The first kappa shape index (κ1) is 20.0. The Hall–Kier alpha value is -0.340. The van der Waals surface area contributed by atoms with E-state index in [1.807, 2.05) is 0 Å². The molecule has 1 saturated heterocycles. The van der Waals surface area contributed by atoms with Crippen LogP contribution in [-0.4, -0.2) is 19.0 Å². The van der Waals surface area contributed by atoms with Gasteiger partial charge in [-0.3, -0.25) is 0 Å². The van der Waals surface area contributed by atoms with E-state index >= 15 is 0 Å². The van der Waals surface area contributed by atoms with E-state index in [9.17, 15) is 0 Å². The maximum absolute atomic E-state index is 6.24. The molecule has 3 aliphatic rings. The van der Waals surface area contributed by atoms with Gasteiger partial charge in [-0.1, -0.05) is 60.0 Å². The van der Waals surface area contributed by atoms with Crippen molar-refractivity contribution in [3.63, 3.8) is 0 Å². The van der Waals surface area contributed by atoms with Crippen LogP contribution in [-0.2, 0) is 9.47 Å². The van der Waals surface area contributed by atoms with Gasteiger partial charge in [-0.25, -0.2) is 0 Å². The Morgan fingerprint density at radius 2 is 1.83 bits per heavy atom. The molecule has 0 spiro atoms. The fraction of sp³-hybridized carbons (Fsp3) is 0.909. The van der Waals surface area contributed by atoms with Crippen LogP contribution < -0.4 is 0 Å². The third kappa shape index (κ3) is 5.08. The minimum absolute atomic E-state index is 0.0768. The second kappa shape index (κ2) is 8.85. The molecular formula is C22H40O2. The summed E-state index contributed by atoms with van der Waals surface area (Å²) in [6.07, 6.45) is 10.5. The normalized spacial score (nSPS) is 32.2. The summed E-state index contributed by atoms with van der Waals surface area (Å²) in [5, 5.41) is 0. The van der Waals surface area contributed by atoms with Crippen LogP contribution in [0.2, 0.25) is 0 Å². The number of ether oxygens (including phenoxy) is 2. The molecule has 0 aromatic rings. The third-order valence-electron chi connectivity index (χ3n) is 5.32. The zero-order chi connectivity index (χ0) is 17.7. The van der Waals surface area contributed by atoms with Crippen LogP contribution in [0.25, 0.3) is 0 Å². The maximum Gasteiger partial charge on any atom is 0.158 e. The van der Waals surface area contributed by atoms with E-state index in [1.54, 1.807) is 11.1 Å². The molecule has 1 heterocycles. The van der Waals surface area contributed by atoms with Gasteiger partial charge < -0.3 is 9.47 Å². The molecule has 0 amide bonds. The van der Waals surface area contributed by atoms with Gasteiger partial charge in [0.2, 0.25) is 0 Å². The molecule has 3 rings (SSSR count). The van der Waals surface area contributed by atoms with Crippen LogP contribution in [0.3, 0.4) is 0 Å². The first-order valence-corrected chi connectivity index (χ1v) is 10.4. The van der Waals surface area contributed by atoms with Crippen LogP contribution >= 0.6 is 0 Å². The van der Waals surface area contributed by atoms with Crippen LogP contribution in [0.4, 0.5) is 0 Å². The highest BCUT2D eigenvalue weighted by Crippen LogP contribution is 2.54. The van der Waals surface area contributed by atoms with E-state index in [0.29, 0.717) is 11.5 Å². The summed E-state index contributed by atoms with van der Waals surface area (Å²) in [5.74, 6) is 1.61. The zero-order valence-electron chi connectivity index (χ0n) is 17.0. The Morgan fingerprint density at radius 3 is 2.38 bits per heavy atom. The smallest absolute Gasteiger partial charge is 0.158 e. The van der Waals surface area contributed by atoms with Gasteiger partial charge >= 0.3 is 0 Å². The molecule has 4 unspecified atom stereocenters. The standard InChI is InChI=1S/C19H32O2.C3H8/c1-5-7-13-10-14(12-19(2,3)4)15-11-16(18(13)15)21-17-8-6-9-20-17;1-3-2/h13-14,16-17H,5-12H2,1-4H3;3H2,1-2H3. The molecule has 1 aliphatic heterocycles. The van der Waals surface area contributed by atoms with Gasteiger partial charge in [0, 0.05) is 13.0 Å². The Kier molecular flexibility index (Phi) is 7.37. The number of hydrogen-bond acceptors (Lipinski definition) is 2. The SMILES string of the molecule is CCC.CCCC1CC(CC(C)(C)C)C2=C1C(OC1CCCO1)C2. The molecule has 1 fully saturated rings. The second-order valence-corrected chi connectivity index (χ2v) is 9.14. The lowest BCUT2D eigenvalue weighted by atomic mass is 9.76. The summed E-state index contributed by atoms with van der Waals surface area (Å²) in [6, 6.07) is 0. The van der Waals surface area contributed by atoms with E-state index in [4.69, 9.17) is 9.47 Å². The van der Waals surface area contributed by atoms with Gasteiger partial charge in [-0.15, -0.1) is 0 Å². The molecule has 0 saturated carbocycles. The van der Waals surface area contributed by atoms with Crippen LogP contribution in [0, 0.1) is 17.3 Å². The van der Waals surface area contributed by atoms with Gasteiger partial charge in [0.1, 0.15) is 0 Å². The summed E-state index contributed by atoms with van der Waals surface area (Å²) in [7, 11) is 0. The lowest BCUT2D eigenvalue weighted by Gasteiger charge is -2.36. The van der Waals surface area contributed by atoms with Crippen LogP contribution in [0.5, 0.6) is 0 Å². The van der Waals surface area contributed by atoms with Gasteiger partial charge in [-0.2, -0.15) is 0 Å². The molecule has 0 radical (unpaired) electrons. The average Bonchev–Trinajstić information content (AvgIpc) is 3.02. The fourth-order valence-corrected chi connectivity index (χ4v) is 4.57. The van der Waals surface area contributed by atoms with Crippen molar-refractivity contribution in [3.05, 3.63) is 11.1 Å². The largest absolute Gasteiger partial charge is 0.353 e. The van der Waals surface area contributed by atoms with E-state index in [0.717, 1.165) is 31.3 Å². The highest BCUT2D eigenvalue weighted by molar-refractivity contribution is 5.39. The van der Waals surface area contributed by atoms with Crippen molar-refractivity contribution in [2.75, 3.05) is 6.61 Å². The topological polar surface area (TPSA) is 18.5 Å². The minimum atomic E-state index is 0.0768. The lowest BCUT2D eigenvalue weighted by molar-refractivity contribution is -0.140. The quantitative estimate of drug-likeness (QED) is 0.534. The van der Waals surface area contributed by atoms with Crippen molar-refractivity contribution in [2.24, 2.45) is 17.3 Å². The Labute approximate surface area is 150 Å². The molecule has 2 heteroatoms. The van der Waals surface area contributed by atoms with Gasteiger partial charge in [0.25, 0.3) is 0 Å². The lowest BCUT2D eigenvalue weighted by Crippen LogP contribution is -2.33. The minimum Gasteiger partial charge on any atom is -0.353 e. The van der Waals surface area contributed by atoms with Crippen LogP contribution in [0.1, 0.15) is 92.9 Å². The summed E-state index contributed by atoms with van der Waals surface area (Å²) in [5.41, 5.74) is 3.87. The first-order chi connectivity index (χ1) is 11.4. The number of rotatable bonds is 5. The van der Waals surface area contributed by atoms with Crippen LogP contribution in [0.15, 0.2) is 11.1 Å². The van der Waals surface area contributed by atoms with E-state index in [1.165, 1.54) is 38.5 Å². The third-order valence-corrected chi connectivity index (χ3v) is 5.32. The molecule has 24 heavy (non-hydrogen) atoms. The molecular weight excluding hydrogens is 296 g/mol. The predicted molar refractivity (Wildman–Crippen MR) is 102 cm³/mol. The Balaban J connectivity index is 0.000000647. The summed E-state index contributed by atoms with van der Waals surface area (Å²) >= 11 is 0. The zero-order valence-corrected chi connectivity index (χ0v) is 17.0. The molecule has 2 nitrogen and oxygen atoms in total. The highest BCUT2D eigenvalue weighted by Gasteiger charge is 2.46. The molecule has 0 N–H and O–H groups in total. The molecule has 2 aliphatic carbocycles. The molecule has 0 bridgehead atoms. The highest BCUT2D eigenvalue weighted by atomic mass is 16.7. The van der Waals surface area contributed by atoms with Crippen molar-refractivity contribution < 1.29 is 9.47 Å². The van der Waals surface area contributed by atoms with Gasteiger partial charge in [0.05, 0.1) is 6.10 Å². The van der Waals surface area contributed by atoms with E-state index in [2.05, 4.69) is 41.5 Å². The maximum atomic E-state index is 6.24. The number of hydrogen-bond donors (Lipinski definition) is 0. The fourth-order valence-electron chi connectivity index (χ4n) is 4.57. The molecule has 4 atom stereocenters. The van der Waals surface area contributed by atoms with Crippen molar-refractivity contribution in [3.8, 4) is 0 Å². The first-order valence-electron chi connectivity index (χ1n) is 10.4. The summed E-state index contributed by atoms with van der Waals surface area (Å²) in [4.78, 5) is 0. The Bertz CT molecular complexity index is 412.